The van der Waals surface area contributed by atoms with Gasteiger partial charge in [-0.25, -0.2) is 13.1 Å². The van der Waals surface area contributed by atoms with Gasteiger partial charge in [-0.2, -0.15) is 0 Å². The van der Waals surface area contributed by atoms with Crippen LogP contribution in [0.15, 0.2) is 58.4 Å². The van der Waals surface area contributed by atoms with Gasteiger partial charge in [0.25, 0.3) is 5.56 Å². The standard InChI is InChI=1S/C25H27Cl2N3O6S/c1-16(31)35-19(13-29-37(33,34)24-14-28-25(32)21-5-3-2-4-20(21)24)15-30-10-8-17(9-11-30)36-18-6-7-22(26)23(27)12-18/h2-7,12,14,17,19,29H,8-11,13,15H2,1H3,(H,28,32)/t19-/m1/s1. The van der Waals surface area contributed by atoms with Crippen LogP contribution in [0.5, 0.6) is 5.75 Å². The normalized spacial score (nSPS) is 16.0. The first-order chi connectivity index (χ1) is 17.6. The number of esters is 1. The van der Waals surface area contributed by atoms with E-state index in [9.17, 15) is 18.0 Å². The van der Waals surface area contributed by atoms with E-state index in [1.807, 2.05) is 0 Å². The van der Waals surface area contributed by atoms with E-state index < -0.39 is 22.1 Å². The van der Waals surface area contributed by atoms with E-state index in [2.05, 4.69) is 14.6 Å². The molecule has 37 heavy (non-hydrogen) atoms. The fourth-order valence-corrected chi connectivity index (χ4v) is 5.83. The summed E-state index contributed by atoms with van der Waals surface area (Å²) >= 11 is 12.0. The number of carbonyl (C=O) groups is 1. The van der Waals surface area contributed by atoms with Crippen LogP contribution in [0.25, 0.3) is 10.8 Å². The van der Waals surface area contributed by atoms with Gasteiger partial charge in [-0.3, -0.25) is 14.5 Å². The summed E-state index contributed by atoms with van der Waals surface area (Å²) in [6.45, 7) is 2.89. The molecule has 3 aromatic rings. The molecule has 2 aromatic carbocycles. The zero-order valence-corrected chi connectivity index (χ0v) is 22.4. The Hall–Kier alpha value is -2.63. The summed E-state index contributed by atoms with van der Waals surface area (Å²) in [6.07, 6.45) is 1.94. The molecule has 1 saturated heterocycles. The highest BCUT2D eigenvalue weighted by Gasteiger charge is 2.26. The van der Waals surface area contributed by atoms with Crippen LogP contribution >= 0.6 is 23.2 Å². The van der Waals surface area contributed by atoms with Crippen molar-refractivity contribution in [2.75, 3.05) is 26.2 Å². The Morgan fingerprint density at radius 1 is 1.14 bits per heavy atom. The molecule has 0 spiro atoms. The van der Waals surface area contributed by atoms with Crippen LogP contribution in [0, 0.1) is 0 Å². The number of ether oxygens (including phenoxy) is 2. The minimum atomic E-state index is -4.00. The Balaban J connectivity index is 1.37. The third-order valence-corrected chi connectivity index (χ3v) is 8.29. The number of hydrogen-bond acceptors (Lipinski definition) is 7. The number of halogens is 2. The number of carbonyl (C=O) groups excluding carboxylic acids is 1. The van der Waals surface area contributed by atoms with Gasteiger partial charge >= 0.3 is 5.97 Å². The molecule has 1 fully saturated rings. The van der Waals surface area contributed by atoms with Crippen LogP contribution in [0.2, 0.25) is 10.0 Å². The molecule has 1 aliphatic heterocycles. The monoisotopic (exact) mass is 567 g/mol. The summed E-state index contributed by atoms with van der Waals surface area (Å²) in [5, 5.41) is 1.47. The number of aromatic nitrogens is 1. The van der Waals surface area contributed by atoms with Gasteiger partial charge in [-0.15, -0.1) is 0 Å². The van der Waals surface area contributed by atoms with Crippen LogP contribution in [-0.4, -0.2) is 62.7 Å². The fourth-order valence-electron chi connectivity index (χ4n) is 4.30. The highest BCUT2D eigenvalue weighted by atomic mass is 35.5. The van der Waals surface area contributed by atoms with Crippen LogP contribution in [0.3, 0.4) is 0 Å². The minimum Gasteiger partial charge on any atom is -0.490 e. The van der Waals surface area contributed by atoms with E-state index in [1.165, 1.54) is 13.1 Å². The molecule has 4 rings (SSSR count). The summed E-state index contributed by atoms with van der Waals surface area (Å²) in [5.74, 6) is 0.145. The van der Waals surface area contributed by atoms with Gasteiger partial charge in [0.1, 0.15) is 22.9 Å². The van der Waals surface area contributed by atoms with Crippen molar-refractivity contribution in [1.29, 1.82) is 0 Å². The number of aromatic amines is 1. The summed E-state index contributed by atoms with van der Waals surface area (Å²) in [6, 6.07) is 11.6. The van der Waals surface area contributed by atoms with Gasteiger partial charge < -0.3 is 14.5 Å². The number of piperidine rings is 1. The zero-order chi connectivity index (χ0) is 26.6. The van der Waals surface area contributed by atoms with Gasteiger partial charge in [0, 0.05) is 56.1 Å². The SMILES string of the molecule is CC(=O)O[C@H](CNS(=O)(=O)c1c[nH]c(=O)c2ccccc12)CN1CCC(Oc2ccc(Cl)c(Cl)c2)CC1. The first kappa shape index (κ1) is 27.4. The summed E-state index contributed by atoms with van der Waals surface area (Å²) in [5.41, 5.74) is -0.376. The topological polar surface area (TPSA) is 118 Å². The number of benzene rings is 2. The second kappa shape index (κ2) is 11.8. The summed E-state index contributed by atoms with van der Waals surface area (Å²) in [4.78, 5) is 28.3. The van der Waals surface area contributed by atoms with Crippen molar-refractivity contribution in [2.45, 2.75) is 36.9 Å². The smallest absolute Gasteiger partial charge is 0.302 e. The quantitative estimate of drug-likeness (QED) is 0.379. The molecule has 2 N–H and O–H groups in total. The molecule has 0 unspecified atom stereocenters. The number of fused-ring (bicyclic) bond motifs is 1. The van der Waals surface area contributed by atoms with Crippen LogP contribution in [0.1, 0.15) is 19.8 Å². The molecule has 0 aliphatic carbocycles. The molecule has 2 heterocycles. The lowest BCUT2D eigenvalue weighted by Crippen LogP contribution is -2.46. The summed E-state index contributed by atoms with van der Waals surface area (Å²) in [7, 11) is -4.00. The number of likely N-dealkylation sites (tertiary alicyclic amines) is 1. The van der Waals surface area contributed by atoms with Gasteiger partial charge in [-0.05, 0) is 31.0 Å². The molecule has 9 nitrogen and oxygen atoms in total. The Labute approximate surface area is 224 Å². The average molecular weight is 568 g/mol. The number of hydrogen-bond donors (Lipinski definition) is 2. The molecule has 1 atom stereocenters. The highest BCUT2D eigenvalue weighted by Crippen LogP contribution is 2.28. The van der Waals surface area contributed by atoms with Crippen molar-refractivity contribution in [3.8, 4) is 5.75 Å². The molecule has 1 aliphatic rings. The van der Waals surface area contributed by atoms with E-state index in [4.69, 9.17) is 32.7 Å². The first-order valence-corrected chi connectivity index (χ1v) is 14.0. The first-order valence-electron chi connectivity index (χ1n) is 11.7. The molecule has 0 radical (unpaired) electrons. The van der Waals surface area contributed by atoms with Crippen molar-refractivity contribution in [3.05, 3.63) is 69.1 Å². The average Bonchev–Trinajstić information content (AvgIpc) is 2.86. The van der Waals surface area contributed by atoms with Gasteiger partial charge in [0.15, 0.2) is 0 Å². The molecular weight excluding hydrogens is 541 g/mol. The molecule has 0 amide bonds. The van der Waals surface area contributed by atoms with Crippen LogP contribution in [-0.2, 0) is 19.6 Å². The Bertz CT molecular complexity index is 1440. The van der Waals surface area contributed by atoms with E-state index in [0.717, 1.165) is 12.8 Å². The zero-order valence-electron chi connectivity index (χ0n) is 20.1. The van der Waals surface area contributed by atoms with Crippen molar-refractivity contribution in [3.63, 3.8) is 0 Å². The molecule has 0 saturated carbocycles. The number of nitrogens with one attached hydrogen (secondary N) is 2. The molecule has 12 heteroatoms. The maximum Gasteiger partial charge on any atom is 0.302 e. The third-order valence-electron chi connectivity index (χ3n) is 6.08. The molecule has 198 valence electrons. The number of nitrogens with zero attached hydrogens (tertiary/aromatic N) is 1. The lowest BCUT2D eigenvalue weighted by atomic mass is 10.1. The van der Waals surface area contributed by atoms with Crippen LogP contribution < -0.4 is 15.0 Å². The van der Waals surface area contributed by atoms with Crippen molar-refractivity contribution < 1.29 is 22.7 Å². The van der Waals surface area contributed by atoms with Crippen LogP contribution in [0.4, 0.5) is 0 Å². The Morgan fingerprint density at radius 3 is 2.51 bits per heavy atom. The van der Waals surface area contributed by atoms with Gasteiger partial charge in [-0.1, -0.05) is 41.4 Å². The predicted molar refractivity (Wildman–Crippen MR) is 142 cm³/mol. The number of H-pyrrole nitrogens is 1. The predicted octanol–water partition coefficient (Wildman–Crippen LogP) is 3.59. The lowest BCUT2D eigenvalue weighted by Gasteiger charge is -2.34. The second-order valence-electron chi connectivity index (χ2n) is 8.80. The van der Waals surface area contributed by atoms with E-state index >= 15 is 0 Å². The molecule has 0 bridgehead atoms. The van der Waals surface area contributed by atoms with Gasteiger partial charge in [0.05, 0.1) is 10.0 Å². The maximum absolute atomic E-state index is 13.1. The number of sulfonamides is 1. The third kappa shape index (κ3) is 7.03. The number of rotatable bonds is 9. The molecule has 1 aromatic heterocycles. The van der Waals surface area contributed by atoms with E-state index in [0.29, 0.717) is 40.8 Å². The fraction of sp³-hybridized carbons (Fsp3) is 0.360. The van der Waals surface area contributed by atoms with E-state index in [-0.39, 0.29) is 28.5 Å². The summed E-state index contributed by atoms with van der Waals surface area (Å²) < 4.78 is 40.1. The van der Waals surface area contributed by atoms with Crippen molar-refractivity contribution in [1.82, 2.24) is 14.6 Å². The Kier molecular flexibility index (Phi) is 8.76. The highest BCUT2D eigenvalue weighted by molar-refractivity contribution is 7.89. The van der Waals surface area contributed by atoms with Crippen molar-refractivity contribution >= 4 is 50.0 Å². The van der Waals surface area contributed by atoms with E-state index in [1.54, 1.807) is 42.5 Å². The van der Waals surface area contributed by atoms with Crippen molar-refractivity contribution in [2.24, 2.45) is 0 Å². The second-order valence-corrected chi connectivity index (χ2v) is 11.4. The molecular formula is C25H27Cl2N3O6S. The maximum atomic E-state index is 13.1. The number of pyridine rings is 1. The van der Waals surface area contributed by atoms with Gasteiger partial charge in [0.2, 0.25) is 10.0 Å². The largest absolute Gasteiger partial charge is 0.490 e. The minimum absolute atomic E-state index is 0.00677. The lowest BCUT2D eigenvalue weighted by molar-refractivity contribution is -0.147. The Morgan fingerprint density at radius 2 is 1.84 bits per heavy atom.